The first-order valence-electron chi connectivity index (χ1n) is 15.5. The molecule has 22 heteroatoms. The molecule has 0 spiro atoms. The molecule has 0 aliphatic rings. The molecule has 0 fully saturated rings. The maximum atomic E-state index is 13.0. The molecule has 0 aliphatic heterocycles. The number of hydrogen-bond acceptors (Lipinski definition) is 12. The van der Waals surface area contributed by atoms with Crippen molar-refractivity contribution in [2.75, 3.05) is 32.7 Å². The lowest BCUT2D eigenvalue weighted by Gasteiger charge is -2.23. The van der Waals surface area contributed by atoms with Gasteiger partial charge in [0.05, 0.1) is 39.0 Å². The standard InChI is InChI=1S/C30H41N9O13/c31-11-21(41)34-12-22(42)35-13-23(43)36-14-24(44)37-19(9-25(45)46)29(51)39-20(10-26(47)48)30(52)38-18(27(32)49)3-1-2-8-33-28(50)17-6-4-16(15-40)5-7-17/h4-7,15,18-20H,1-3,8-14,31H2,(H2,32,49)(H,33,50)(H,34,41)(H,35,42)(H,36,43)(H,37,44)(H,38,52)(H,39,51)(H,45,46)(H,47,48). The summed E-state index contributed by atoms with van der Waals surface area (Å²) in [7, 11) is 0. The molecule has 0 heterocycles. The Morgan fingerprint density at radius 3 is 1.60 bits per heavy atom. The van der Waals surface area contributed by atoms with Crippen molar-refractivity contribution in [1.82, 2.24) is 37.2 Å². The van der Waals surface area contributed by atoms with Crippen LogP contribution in [0.1, 0.15) is 52.8 Å². The van der Waals surface area contributed by atoms with Crippen LogP contribution in [-0.4, -0.2) is 127 Å². The first-order valence-corrected chi connectivity index (χ1v) is 15.5. The van der Waals surface area contributed by atoms with Crippen LogP contribution in [0.5, 0.6) is 0 Å². The molecule has 52 heavy (non-hydrogen) atoms. The molecule has 1 aromatic carbocycles. The predicted octanol–water partition coefficient (Wildman–Crippen LogP) is -5.40. The van der Waals surface area contributed by atoms with E-state index in [4.69, 9.17) is 11.5 Å². The van der Waals surface area contributed by atoms with Crippen LogP contribution in [0.15, 0.2) is 24.3 Å². The smallest absolute Gasteiger partial charge is 0.305 e. The molecule has 284 valence electrons. The zero-order valence-corrected chi connectivity index (χ0v) is 27.7. The van der Waals surface area contributed by atoms with Gasteiger partial charge in [-0.05, 0) is 31.4 Å². The molecule has 3 atom stereocenters. The first kappa shape index (κ1) is 43.6. The second-order valence-electron chi connectivity index (χ2n) is 10.9. The Morgan fingerprint density at radius 1 is 0.635 bits per heavy atom. The van der Waals surface area contributed by atoms with E-state index in [1.54, 1.807) is 0 Å². The molecule has 0 saturated heterocycles. The van der Waals surface area contributed by atoms with Gasteiger partial charge in [0.1, 0.15) is 24.4 Å². The fourth-order valence-electron chi connectivity index (χ4n) is 4.07. The zero-order valence-electron chi connectivity index (χ0n) is 27.7. The minimum absolute atomic E-state index is 0.0450. The summed E-state index contributed by atoms with van der Waals surface area (Å²) in [6.07, 6.45) is -0.889. The fourth-order valence-corrected chi connectivity index (χ4v) is 4.07. The molecule has 1 rings (SSSR count). The van der Waals surface area contributed by atoms with Gasteiger partial charge in [-0.3, -0.25) is 52.7 Å². The number of benzene rings is 1. The number of carbonyl (C=O) groups is 11. The number of primary amides is 1. The van der Waals surface area contributed by atoms with Crippen LogP contribution in [0, 0.1) is 0 Å². The van der Waals surface area contributed by atoms with Gasteiger partial charge in [0.2, 0.25) is 41.4 Å². The number of hydrogen-bond donors (Lipinski definition) is 11. The SMILES string of the molecule is NCC(=O)NCC(=O)NCC(=O)NCC(=O)NC(CC(=O)O)C(=O)NC(CC(=O)O)C(=O)NC(CCCCNC(=O)c1ccc(C=O)cc1)C(N)=O. The molecule has 0 bridgehead atoms. The molecule has 3 unspecified atom stereocenters. The highest BCUT2D eigenvalue weighted by molar-refractivity contribution is 5.97. The number of aldehydes is 1. The molecular formula is C30H41N9O13. The lowest BCUT2D eigenvalue weighted by atomic mass is 10.1. The van der Waals surface area contributed by atoms with Crippen LogP contribution in [0.2, 0.25) is 0 Å². The second-order valence-corrected chi connectivity index (χ2v) is 10.9. The average Bonchev–Trinajstić information content (AvgIpc) is 3.10. The molecular weight excluding hydrogens is 694 g/mol. The average molecular weight is 736 g/mol. The van der Waals surface area contributed by atoms with E-state index >= 15 is 0 Å². The summed E-state index contributed by atoms with van der Waals surface area (Å²) < 4.78 is 0. The Kier molecular flexibility index (Phi) is 19.3. The van der Waals surface area contributed by atoms with Gasteiger partial charge in [-0.15, -0.1) is 0 Å². The van der Waals surface area contributed by atoms with Gasteiger partial charge >= 0.3 is 11.9 Å². The van der Waals surface area contributed by atoms with E-state index in [1.165, 1.54) is 24.3 Å². The summed E-state index contributed by atoms with van der Waals surface area (Å²) in [5.41, 5.74) is 11.2. The van der Waals surface area contributed by atoms with Crippen molar-refractivity contribution < 1.29 is 63.0 Å². The van der Waals surface area contributed by atoms with Crippen LogP contribution in [0.25, 0.3) is 0 Å². The number of unbranched alkanes of at least 4 members (excludes halogenated alkanes) is 1. The highest BCUT2D eigenvalue weighted by Crippen LogP contribution is 2.06. The Morgan fingerprint density at radius 2 is 1.12 bits per heavy atom. The lowest BCUT2D eigenvalue weighted by Crippen LogP contribution is -2.57. The summed E-state index contributed by atoms with van der Waals surface area (Å²) in [6, 6.07) is 0.816. The van der Waals surface area contributed by atoms with Crippen LogP contribution in [0.3, 0.4) is 0 Å². The minimum atomic E-state index is -1.86. The summed E-state index contributed by atoms with van der Waals surface area (Å²) in [5, 5.41) is 33.9. The normalized spacial score (nSPS) is 12.0. The van der Waals surface area contributed by atoms with E-state index in [-0.39, 0.29) is 25.9 Å². The van der Waals surface area contributed by atoms with Gasteiger partial charge in [0.25, 0.3) is 5.91 Å². The molecule has 8 amide bonds. The molecule has 0 aliphatic carbocycles. The largest absolute Gasteiger partial charge is 0.481 e. The number of amides is 8. The van der Waals surface area contributed by atoms with Gasteiger partial charge in [0, 0.05) is 17.7 Å². The van der Waals surface area contributed by atoms with Crippen molar-refractivity contribution in [1.29, 1.82) is 0 Å². The van der Waals surface area contributed by atoms with E-state index in [0.29, 0.717) is 23.8 Å². The maximum absolute atomic E-state index is 13.0. The molecule has 0 radical (unpaired) electrons. The van der Waals surface area contributed by atoms with Crippen molar-refractivity contribution in [3.8, 4) is 0 Å². The molecule has 22 nitrogen and oxygen atoms in total. The van der Waals surface area contributed by atoms with Crippen molar-refractivity contribution in [2.45, 2.75) is 50.2 Å². The summed E-state index contributed by atoms with van der Waals surface area (Å²) >= 11 is 0. The summed E-state index contributed by atoms with van der Waals surface area (Å²) in [6.45, 7) is -2.07. The Bertz CT molecular complexity index is 1500. The third-order valence-electron chi connectivity index (χ3n) is 6.74. The predicted molar refractivity (Wildman–Crippen MR) is 176 cm³/mol. The number of carboxylic acids is 2. The lowest BCUT2D eigenvalue weighted by molar-refractivity contribution is -0.143. The number of aliphatic carboxylic acids is 2. The van der Waals surface area contributed by atoms with E-state index in [9.17, 15) is 63.0 Å². The molecule has 0 aromatic heterocycles. The van der Waals surface area contributed by atoms with Gasteiger partial charge < -0.3 is 58.9 Å². The number of nitrogens with two attached hydrogens (primary N) is 2. The quantitative estimate of drug-likeness (QED) is 0.0349. The van der Waals surface area contributed by atoms with Gasteiger partial charge in [0.15, 0.2) is 0 Å². The van der Waals surface area contributed by atoms with Crippen LogP contribution >= 0.6 is 0 Å². The van der Waals surface area contributed by atoms with Crippen LogP contribution < -0.4 is 48.7 Å². The van der Waals surface area contributed by atoms with Crippen molar-refractivity contribution in [3.05, 3.63) is 35.4 Å². The van der Waals surface area contributed by atoms with Gasteiger partial charge in [-0.1, -0.05) is 12.1 Å². The second kappa shape index (κ2) is 23.0. The monoisotopic (exact) mass is 735 g/mol. The third kappa shape index (κ3) is 17.8. The third-order valence-corrected chi connectivity index (χ3v) is 6.74. The maximum Gasteiger partial charge on any atom is 0.305 e. The molecule has 13 N–H and O–H groups in total. The number of carbonyl (C=O) groups excluding carboxylic acids is 9. The summed E-state index contributed by atoms with van der Waals surface area (Å²) in [4.78, 5) is 131. The Labute approximate surface area is 295 Å². The highest BCUT2D eigenvalue weighted by atomic mass is 16.4. The number of nitrogens with one attached hydrogen (secondary N) is 7. The summed E-state index contributed by atoms with van der Waals surface area (Å²) in [5.74, 6) is -10.3. The zero-order chi connectivity index (χ0) is 39.2. The van der Waals surface area contributed by atoms with Crippen LogP contribution in [-0.2, 0) is 43.2 Å². The topological polar surface area (TPSA) is 364 Å². The Balaban J connectivity index is 2.73. The Hall–Kier alpha value is -6.45. The van der Waals surface area contributed by atoms with Crippen molar-refractivity contribution in [2.24, 2.45) is 11.5 Å². The first-order chi connectivity index (χ1) is 24.6. The van der Waals surface area contributed by atoms with E-state index in [0.717, 1.165) is 0 Å². The van der Waals surface area contributed by atoms with Crippen LogP contribution in [0.4, 0.5) is 0 Å². The molecule has 0 saturated carbocycles. The van der Waals surface area contributed by atoms with E-state index < -0.39 is 110 Å². The highest BCUT2D eigenvalue weighted by Gasteiger charge is 2.31. The molecule has 1 aromatic rings. The minimum Gasteiger partial charge on any atom is -0.481 e. The number of rotatable bonds is 24. The van der Waals surface area contributed by atoms with Gasteiger partial charge in [-0.25, -0.2) is 0 Å². The van der Waals surface area contributed by atoms with Crippen molar-refractivity contribution in [3.63, 3.8) is 0 Å². The van der Waals surface area contributed by atoms with Crippen molar-refractivity contribution >= 4 is 65.5 Å². The fraction of sp³-hybridized carbons (Fsp3) is 0.433. The van der Waals surface area contributed by atoms with Gasteiger partial charge in [-0.2, -0.15) is 0 Å². The van der Waals surface area contributed by atoms with E-state index in [2.05, 4.69) is 26.6 Å². The number of carboxylic acid groups (broad SMARTS) is 2. The van der Waals surface area contributed by atoms with E-state index in [1.807, 2.05) is 10.6 Å².